The highest BCUT2D eigenvalue weighted by molar-refractivity contribution is 9.12. The number of hydrogen-bond acceptors (Lipinski definition) is 13. The summed E-state index contributed by atoms with van der Waals surface area (Å²) in [6, 6.07) is 25.7. The summed E-state index contributed by atoms with van der Waals surface area (Å²) in [5, 5.41) is 6.37. The summed E-state index contributed by atoms with van der Waals surface area (Å²) in [4.78, 5) is 19.6. The molecule has 76 heavy (non-hydrogen) atoms. The van der Waals surface area contributed by atoms with Gasteiger partial charge in [-0.25, -0.2) is 0 Å². The first-order chi connectivity index (χ1) is 36.9. The number of aryl methyl sites for hydroxylation is 5. The van der Waals surface area contributed by atoms with Crippen molar-refractivity contribution in [2.45, 2.75) is 40.5 Å². The molecule has 0 aromatic heterocycles. The first-order valence-corrected chi connectivity index (χ1v) is 31.4. The lowest BCUT2D eigenvalue weighted by Crippen LogP contribution is -2.47. The monoisotopic (exact) mass is 1240 g/mol. The zero-order valence-corrected chi connectivity index (χ0v) is 52.0. The van der Waals surface area contributed by atoms with Crippen LogP contribution in [0.4, 0.5) is 17.1 Å². The van der Waals surface area contributed by atoms with Crippen molar-refractivity contribution >= 4 is 64.9 Å². The number of ether oxygens (including phenoxy) is 4. The molecule has 7 aliphatic rings. The number of piperazine rings is 3. The van der Waals surface area contributed by atoms with Crippen molar-refractivity contribution < 1.29 is 18.9 Å². The van der Waals surface area contributed by atoms with Gasteiger partial charge in [0.2, 0.25) is 0 Å². The highest BCUT2D eigenvalue weighted by Crippen LogP contribution is 2.34. The van der Waals surface area contributed by atoms with Crippen molar-refractivity contribution in [2.24, 2.45) is 0 Å². The van der Waals surface area contributed by atoms with Crippen LogP contribution in [-0.2, 0) is 6.42 Å². The predicted molar refractivity (Wildman–Crippen MR) is 331 cm³/mol. The Morgan fingerprint density at radius 3 is 1.14 bits per heavy atom. The van der Waals surface area contributed by atoms with Crippen LogP contribution in [0.3, 0.4) is 0 Å². The number of nitrogens with zero attached hydrogens (tertiary/aromatic N) is 8. The first-order valence-electron chi connectivity index (χ1n) is 28.0. The molecule has 422 valence electrons. The molecule has 4 aromatic rings. The number of fused-ring (bicyclic) bond motifs is 4. The van der Waals surface area contributed by atoms with E-state index in [1.165, 1.54) is 117 Å². The number of alkyl halides is 3. The second-order valence-electron chi connectivity index (χ2n) is 20.9. The highest BCUT2D eigenvalue weighted by Gasteiger charge is 2.23. The molecule has 0 unspecified atom stereocenters. The standard InChI is InChI=1S/2C16H25N3O.C11H14BrNO.C10H12O.C5H12N2.C2H4Br2/c2*1-14-3-4-16-15(13-14)19(11-12-20-16)10-9-18-7-5-17(2)6-8-18;1-9-2-3-11-10(8-9)13(5-4-12)6-7-14-11;1-8-4-5-10-9(7-8)3-2-6-11-10;1-7-4-2-6-3-5-7;3-1-2-4/h2*3-4,13H,5-12H2,1-2H3;2-3,8H,4-7H2,1H3;4-5,7H,2-3,6H2,1H3;6H,2-5H2,1H3;1-2H2. The lowest BCUT2D eigenvalue weighted by atomic mass is 10.0. The van der Waals surface area contributed by atoms with E-state index in [-0.39, 0.29) is 0 Å². The molecule has 1 N–H and O–H groups in total. The fraction of sp³-hybridized carbons (Fsp3) is 0.600. The van der Waals surface area contributed by atoms with Gasteiger partial charge in [0.15, 0.2) is 0 Å². The molecule has 3 fully saturated rings. The molecule has 0 bridgehead atoms. The summed E-state index contributed by atoms with van der Waals surface area (Å²) in [5.74, 6) is 4.19. The van der Waals surface area contributed by atoms with E-state index < -0.39 is 0 Å². The van der Waals surface area contributed by atoms with Crippen molar-refractivity contribution in [3.05, 3.63) is 101 Å². The van der Waals surface area contributed by atoms with Crippen LogP contribution >= 0.6 is 47.8 Å². The third-order valence-corrected chi connectivity index (χ3v) is 16.8. The van der Waals surface area contributed by atoms with Gasteiger partial charge in [0.1, 0.15) is 42.8 Å². The molecule has 3 saturated heterocycles. The van der Waals surface area contributed by atoms with Crippen molar-refractivity contribution in [3.63, 3.8) is 0 Å². The van der Waals surface area contributed by atoms with Crippen LogP contribution in [0.25, 0.3) is 0 Å². The molecule has 16 heteroatoms. The summed E-state index contributed by atoms with van der Waals surface area (Å²) < 4.78 is 22.6. The van der Waals surface area contributed by atoms with Gasteiger partial charge >= 0.3 is 0 Å². The quantitative estimate of drug-likeness (QED) is 0.162. The number of hydrogen-bond donors (Lipinski definition) is 1. The maximum atomic E-state index is 5.75. The summed E-state index contributed by atoms with van der Waals surface area (Å²) in [6.45, 7) is 34.7. The number of anilines is 3. The van der Waals surface area contributed by atoms with Crippen LogP contribution in [0, 0.1) is 27.7 Å². The third-order valence-electron chi connectivity index (χ3n) is 14.6. The molecule has 0 amide bonds. The minimum atomic E-state index is 0.795. The fourth-order valence-electron chi connectivity index (χ4n) is 9.88. The van der Waals surface area contributed by atoms with Crippen molar-refractivity contribution in [3.8, 4) is 23.0 Å². The van der Waals surface area contributed by atoms with E-state index in [0.29, 0.717) is 0 Å². The number of likely N-dealkylation sites (N-methyl/N-ethyl adjacent to an activating group) is 3. The van der Waals surface area contributed by atoms with Gasteiger partial charge in [-0.15, -0.1) is 0 Å². The number of nitrogens with one attached hydrogen (secondary N) is 1. The lowest BCUT2D eigenvalue weighted by molar-refractivity contribution is 0.156. The number of rotatable bonds is 9. The number of benzene rings is 4. The highest BCUT2D eigenvalue weighted by atomic mass is 79.9. The molecule has 0 saturated carbocycles. The van der Waals surface area contributed by atoms with E-state index in [9.17, 15) is 0 Å². The normalized spacial score (nSPS) is 18.5. The van der Waals surface area contributed by atoms with Crippen molar-refractivity contribution in [2.75, 3.05) is 209 Å². The number of halogens is 3. The Morgan fingerprint density at radius 2 is 0.763 bits per heavy atom. The molecule has 0 spiro atoms. The van der Waals surface area contributed by atoms with Gasteiger partial charge in [-0.3, -0.25) is 9.80 Å². The molecule has 11 rings (SSSR count). The van der Waals surface area contributed by atoms with Crippen LogP contribution < -0.4 is 39.0 Å². The minimum absolute atomic E-state index is 0.795. The molecule has 0 aliphatic carbocycles. The fourth-order valence-corrected chi connectivity index (χ4v) is 10.3. The largest absolute Gasteiger partial charge is 0.493 e. The lowest BCUT2D eigenvalue weighted by Gasteiger charge is -2.36. The van der Waals surface area contributed by atoms with Gasteiger partial charge in [-0.1, -0.05) is 83.7 Å². The van der Waals surface area contributed by atoms with Crippen LogP contribution in [0.1, 0.15) is 34.2 Å². The molecule has 7 aliphatic heterocycles. The molecule has 7 heterocycles. The zero-order chi connectivity index (χ0) is 54.1. The maximum Gasteiger partial charge on any atom is 0.142 e. The molecular weight excluding hydrogens is 1150 g/mol. The summed E-state index contributed by atoms with van der Waals surface area (Å²) >= 11 is 9.88. The van der Waals surface area contributed by atoms with Crippen LogP contribution in [0.5, 0.6) is 23.0 Å². The van der Waals surface area contributed by atoms with Gasteiger partial charge < -0.3 is 53.7 Å². The van der Waals surface area contributed by atoms with E-state index in [2.05, 4.69) is 214 Å². The third kappa shape index (κ3) is 21.1. The topological polar surface area (TPSA) is 74.9 Å². The average Bonchev–Trinajstić information content (AvgIpc) is 3.45. The second kappa shape index (κ2) is 34.0. The first kappa shape index (κ1) is 61.9. The average molecular weight is 1240 g/mol. The van der Waals surface area contributed by atoms with Crippen LogP contribution in [0.15, 0.2) is 72.8 Å². The van der Waals surface area contributed by atoms with E-state index in [4.69, 9.17) is 18.9 Å². The smallest absolute Gasteiger partial charge is 0.142 e. The van der Waals surface area contributed by atoms with Crippen LogP contribution in [0.2, 0.25) is 0 Å². The van der Waals surface area contributed by atoms with Gasteiger partial charge in [-0.05, 0) is 126 Å². The van der Waals surface area contributed by atoms with Crippen LogP contribution in [-0.4, -0.2) is 219 Å². The van der Waals surface area contributed by atoms with Gasteiger partial charge in [0.25, 0.3) is 0 Å². The molecule has 0 atom stereocenters. The van der Waals surface area contributed by atoms with E-state index in [0.717, 1.165) is 137 Å². The van der Waals surface area contributed by atoms with E-state index >= 15 is 0 Å². The Kier molecular flexibility index (Phi) is 27.7. The van der Waals surface area contributed by atoms with Gasteiger partial charge in [0, 0.05) is 127 Å². The molecule has 0 radical (unpaired) electrons. The summed E-state index contributed by atoms with van der Waals surface area (Å²) in [5.41, 5.74) is 10.4. The Morgan fingerprint density at radius 1 is 0.395 bits per heavy atom. The van der Waals surface area contributed by atoms with Gasteiger partial charge in [0.05, 0.1) is 43.3 Å². The van der Waals surface area contributed by atoms with Gasteiger partial charge in [-0.2, -0.15) is 0 Å². The Balaban J connectivity index is 0.000000157. The summed E-state index contributed by atoms with van der Waals surface area (Å²) in [7, 11) is 6.57. The predicted octanol–water partition coefficient (Wildman–Crippen LogP) is 9.09. The molecular formula is C60H92Br3N9O4. The van der Waals surface area contributed by atoms with E-state index in [1.54, 1.807) is 0 Å². The second-order valence-corrected chi connectivity index (χ2v) is 23.3. The molecule has 13 nitrogen and oxygen atoms in total. The Bertz CT molecular complexity index is 2190. The SMILES string of the molecule is BrCCBr.CN1CCNCC1.Cc1ccc2c(c1)CCCO2.Cc1ccc2c(c1)N(CCBr)CCO2.Cc1ccc2c(c1)N(CCN1CCN(C)CC1)CCO2.Cc1ccc2c(c1)N(CCN1CCN(C)CC1)CCO2. The summed E-state index contributed by atoms with van der Waals surface area (Å²) in [6.07, 6.45) is 2.34. The minimum Gasteiger partial charge on any atom is -0.493 e. The van der Waals surface area contributed by atoms with Crippen molar-refractivity contribution in [1.29, 1.82) is 0 Å². The molecule has 4 aromatic carbocycles. The zero-order valence-electron chi connectivity index (χ0n) is 47.3. The maximum absolute atomic E-state index is 5.75. The van der Waals surface area contributed by atoms with E-state index in [1.807, 2.05) is 0 Å². The van der Waals surface area contributed by atoms with Crippen molar-refractivity contribution in [1.82, 2.24) is 29.8 Å². The Hall–Kier alpha value is -3.32. The Labute approximate surface area is 483 Å².